The standard InChI is InChI=1S/C24H17F5N4O4/c25-22(26)37-16-4-1-13(2-5-16)19-20-14(10-30-23(32-20)31-12-24(27,28)29)11-33(21(19)34)15-3-6-17-18(9-15)36-8-7-35-17/h1-6,9-11,22H,7-8,12H2,(H,31,32). The van der Waals surface area contributed by atoms with Gasteiger partial charge in [-0.1, -0.05) is 12.1 Å². The molecule has 0 saturated carbocycles. The highest BCUT2D eigenvalue weighted by atomic mass is 19.4. The van der Waals surface area contributed by atoms with Gasteiger partial charge in [-0.2, -0.15) is 22.0 Å². The van der Waals surface area contributed by atoms with E-state index >= 15 is 0 Å². The Hall–Kier alpha value is -4.42. The molecule has 0 saturated heterocycles. The molecule has 0 bridgehead atoms. The summed E-state index contributed by atoms with van der Waals surface area (Å²) < 4.78 is 80.1. The van der Waals surface area contributed by atoms with Crippen LogP contribution in [0.5, 0.6) is 17.2 Å². The van der Waals surface area contributed by atoms with Crippen molar-refractivity contribution in [2.24, 2.45) is 0 Å². The van der Waals surface area contributed by atoms with Crippen LogP contribution in [0.25, 0.3) is 27.7 Å². The molecular weight excluding hydrogens is 503 g/mol. The Morgan fingerprint density at radius 3 is 2.49 bits per heavy atom. The van der Waals surface area contributed by atoms with E-state index in [-0.39, 0.29) is 28.3 Å². The molecule has 1 aliphatic heterocycles. The number of rotatable bonds is 6. The van der Waals surface area contributed by atoms with Crippen LogP contribution in [0, 0.1) is 0 Å². The second-order valence-corrected chi connectivity index (χ2v) is 7.88. The maximum Gasteiger partial charge on any atom is 0.405 e. The predicted molar refractivity (Wildman–Crippen MR) is 123 cm³/mol. The van der Waals surface area contributed by atoms with Crippen LogP contribution in [-0.4, -0.2) is 47.1 Å². The molecule has 0 atom stereocenters. The first-order valence-corrected chi connectivity index (χ1v) is 10.9. The average molecular weight is 520 g/mol. The molecule has 1 N–H and O–H groups in total. The number of hydrogen-bond acceptors (Lipinski definition) is 7. The fourth-order valence-corrected chi connectivity index (χ4v) is 3.81. The van der Waals surface area contributed by atoms with E-state index in [1.165, 1.54) is 41.2 Å². The Morgan fingerprint density at radius 2 is 1.78 bits per heavy atom. The molecule has 1 aliphatic rings. The molecule has 4 aromatic rings. The van der Waals surface area contributed by atoms with Crippen molar-refractivity contribution < 1.29 is 36.2 Å². The number of ether oxygens (including phenoxy) is 3. The summed E-state index contributed by atoms with van der Waals surface area (Å²) >= 11 is 0. The molecule has 0 radical (unpaired) electrons. The largest absolute Gasteiger partial charge is 0.486 e. The van der Waals surface area contributed by atoms with Crippen LogP contribution in [0.4, 0.5) is 27.9 Å². The highest BCUT2D eigenvalue weighted by Gasteiger charge is 2.27. The van der Waals surface area contributed by atoms with Gasteiger partial charge in [-0.25, -0.2) is 9.97 Å². The van der Waals surface area contributed by atoms with Gasteiger partial charge in [0.2, 0.25) is 5.95 Å². The molecule has 0 spiro atoms. The van der Waals surface area contributed by atoms with Crippen molar-refractivity contribution in [2.75, 3.05) is 25.1 Å². The fraction of sp³-hybridized carbons (Fsp3) is 0.208. The first-order valence-electron chi connectivity index (χ1n) is 10.9. The van der Waals surface area contributed by atoms with Gasteiger partial charge in [0.05, 0.1) is 16.8 Å². The van der Waals surface area contributed by atoms with E-state index in [4.69, 9.17) is 9.47 Å². The molecule has 0 aliphatic carbocycles. The van der Waals surface area contributed by atoms with Crippen molar-refractivity contribution in [1.29, 1.82) is 0 Å². The quantitative estimate of drug-likeness (QED) is 0.366. The summed E-state index contributed by atoms with van der Waals surface area (Å²) in [6, 6.07) is 10.2. The molecule has 2 aromatic carbocycles. The zero-order valence-corrected chi connectivity index (χ0v) is 18.8. The van der Waals surface area contributed by atoms with Crippen LogP contribution in [0.15, 0.2) is 59.7 Å². The zero-order valence-electron chi connectivity index (χ0n) is 18.8. The highest BCUT2D eigenvalue weighted by Crippen LogP contribution is 2.33. The maximum atomic E-state index is 13.7. The average Bonchev–Trinajstić information content (AvgIpc) is 2.87. The summed E-state index contributed by atoms with van der Waals surface area (Å²) in [5.41, 5.74) is 0.236. The molecule has 192 valence electrons. The number of nitrogens with one attached hydrogen (secondary N) is 1. The van der Waals surface area contributed by atoms with E-state index in [0.29, 0.717) is 35.8 Å². The van der Waals surface area contributed by atoms with Gasteiger partial charge in [-0.3, -0.25) is 9.36 Å². The maximum absolute atomic E-state index is 13.7. The van der Waals surface area contributed by atoms with Gasteiger partial charge in [0.25, 0.3) is 5.56 Å². The molecule has 0 unspecified atom stereocenters. The summed E-state index contributed by atoms with van der Waals surface area (Å²) in [5.74, 6) is 0.490. The van der Waals surface area contributed by atoms with Gasteiger partial charge in [0.1, 0.15) is 25.5 Å². The van der Waals surface area contributed by atoms with Crippen molar-refractivity contribution >= 4 is 16.9 Å². The second-order valence-electron chi connectivity index (χ2n) is 7.88. The predicted octanol–water partition coefficient (Wildman–Crippen LogP) is 4.79. The van der Waals surface area contributed by atoms with Gasteiger partial charge in [0, 0.05) is 23.8 Å². The van der Waals surface area contributed by atoms with Crippen LogP contribution < -0.4 is 25.1 Å². The van der Waals surface area contributed by atoms with E-state index in [1.807, 2.05) is 0 Å². The lowest BCUT2D eigenvalue weighted by atomic mass is 10.0. The second kappa shape index (κ2) is 9.56. The van der Waals surface area contributed by atoms with Crippen molar-refractivity contribution in [3.63, 3.8) is 0 Å². The number of fused-ring (bicyclic) bond motifs is 2. The van der Waals surface area contributed by atoms with Crippen LogP contribution in [0.2, 0.25) is 0 Å². The van der Waals surface area contributed by atoms with E-state index in [1.54, 1.807) is 18.2 Å². The van der Waals surface area contributed by atoms with Crippen molar-refractivity contribution in [3.8, 4) is 34.1 Å². The third-order valence-electron chi connectivity index (χ3n) is 5.37. The number of benzene rings is 2. The Morgan fingerprint density at radius 1 is 1.05 bits per heavy atom. The first-order chi connectivity index (χ1) is 17.7. The van der Waals surface area contributed by atoms with E-state index in [0.717, 1.165) is 0 Å². The van der Waals surface area contributed by atoms with Crippen LogP contribution in [0.1, 0.15) is 0 Å². The molecule has 3 heterocycles. The number of hydrogen-bond donors (Lipinski definition) is 1. The minimum Gasteiger partial charge on any atom is -0.486 e. The van der Waals surface area contributed by atoms with Crippen molar-refractivity contribution in [1.82, 2.24) is 14.5 Å². The summed E-state index contributed by atoms with van der Waals surface area (Å²) in [6.45, 7) is -3.68. The Bertz CT molecular complexity index is 1510. The Balaban J connectivity index is 1.67. The first kappa shape index (κ1) is 24.3. The summed E-state index contributed by atoms with van der Waals surface area (Å²) in [4.78, 5) is 21.8. The third-order valence-corrected chi connectivity index (χ3v) is 5.37. The lowest BCUT2D eigenvalue weighted by molar-refractivity contribution is -0.115. The monoisotopic (exact) mass is 520 g/mol. The molecule has 37 heavy (non-hydrogen) atoms. The van der Waals surface area contributed by atoms with Gasteiger partial charge < -0.3 is 19.5 Å². The van der Waals surface area contributed by atoms with Gasteiger partial charge >= 0.3 is 12.8 Å². The number of aromatic nitrogens is 3. The minimum atomic E-state index is -4.51. The number of alkyl halides is 5. The fourth-order valence-electron chi connectivity index (χ4n) is 3.81. The van der Waals surface area contributed by atoms with Crippen LogP contribution in [-0.2, 0) is 0 Å². The number of anilines is 1. The van der Waals surface area contributed by atoms with Gasteiger partial charge in [-0.15, -0.1) is 0 Å². The van der Waals surface area contributed by atoms with Gasteiger partial charge in [-0.05, 0) is 29.8 Å². The van der Waals surface area contributed by atoms with Crippen molar-refractivity contribution in [3.05, 3.63) is 65.2 Å². The topological polar surface area (TPSA) is 87.5 Å². The summed E-state index contributed by atoms with van der Waals surface area (Å²) in [7, 11) is 0. The van der Waals surface area contributed by atoms with Crippen molar-refractivity contribution in [2.45, 2.75) is 12.8 Å². The molecule has 0 amide bonds. The van der Waals surface area contributed by atoms with E-state index in [2.05, 4.69) is 20.0 Å². The molecule has 13 heteroatoms. The normalized spacial score (nSPS) is 13.1. The Kier molecular flexibility index (Phi) is 6.27. The zero-order chi connectivity index (χ0) is 26.2. The smallest absolute Gasteiger partial charge is 0.405 e. The minimum absolute atomic E-state index is 0.0217. The molecular formula is C24H17F5N4O4. The Labute approximate surface area is 205 Å². The van der Waals surface area contributed by atoms with E-state index < -0.39 is 24.9 Å². The number of halogens is 5. The van der Waals surface area contributed by atoms with E-state index in [9.17, 15) is 26.7 Å². The highest BCUT2D eigenvalue weighted by molar-refractivity contribution is 5.93. The lowest BCUT2D eigenvalue weighted by Gasteiger charge is -2.20. The van der Waals surface area contributed by atoms with Crippen LogP contribution in [0.3, 0.4) is 0 Å². The van der Waals surface area contributed by atoms with Crippen LogP contribution >= 0.6 is 0 Å². The molecule has 8 nitrogen and oxygen atoms in total. The third kappa shape index (κ3) is 5.25. The lowest BCUT2D eigenvalue weighted by Crippen LogP contribution is -2.23. The van der Waals surface area contributed by atoms with Gasteiger partial charge in [0.15, 0.2) is 11.5 Å². The SMILES string of the molecule is O=c1c(-c2ccc(OC(F)F)cc2)c2nc(NCC(F)(F)F)ncc2cn1-c1ccc2c(c1)OCCO2. The molecule has 0 fully saturated rings. The number of pyridine rings is 1. The molecule has 5 rings (SSSR count). The number of nitrogens with zero attached hydrogens (tertiary/aromatic N) is 3. The molecule has 2 aromatic heterocycles. The summed E-state index contributed by atoms with van der Waals surface area (Å²) in [6.07, 6.45) is -1.77. The summed E-state index contributed by atoms with van der Waals surface area (Å²) in [5, 5.41) is 2.44.